The van der Waals surface area contributed by atoms with Crippen LogP contribution in [0.2, 0.25) is 0 Å². The largest absolute Gasteiger partial charge is 0.392 e. The standard InChI is InChI=1S/C14H20O.C7H8O/c1-2-3-5-10-14(12-15)11-13-8-6-4-7-9-13;8-6-7-4-2-1-3-5-7/h4,6-9,11,15H,2-3,5,10,12H2,1H3;1-5,8H,6H2/b14-11+;. The molecule has 0 aliphatic heterocycles. The number of hydrogen-bond donors (Lipinski definition) is 2. The topological polar surface area (TPSA) is 40.5 Å². The van der Waals surface area contributed by atoms with Crippen LogP contribution in [0.3, 0.4) is 0 Å². The summed E-state index contributed by atoms with van der Waals surface area (Å²) in [5.74, 6) is 0. The van der Waals surface area contributed by atoms with Gasteiger partial charge in [0.1, 0.15) is 0 Å². The first-order valence-corrected chi connectivity index (χ1v) is 8.30. The van der Waals surface area contributed by atoms with Crippen LogP contribution in [0.5, 0.6) is 0 Å². The number of rotatable bonds is 7. The molecule has 0 saturated carbocycles. The molecule has 2 nitrogen and oxygen atoms in total. The summed E-state index contributed by atoms with van der Waals surface area (Å²) in [6.45, 7) is 2.51. The molecule has 0 bridgehead atoms. The lowest BCUT2D eigenvalue weighted by molar-refractivity contribution is 0.282. The zero-order chi connectivity index (χ0) is 16.8. The second-order valence-corrected chi connectivity index (χ2v) is 5.47. The van der Waals surface area contributed by atoms with Crippen molar-refractivity contribution in [1.29, 1.82) is 0 Å². The quantitative estimate of drug-likeness (QED) is 0.719. The fraction of sp³-hybridized carbons (Fsp3) is 0.333. The Balaban J connectivity index is 0.000000277. The van der Waals surface area contributed by atoms with Crippen LogP contribution >= 0.6 is 0 Å². The van der Waals surface area contributed by atoms with Gasteiger partial charge in [-0.05, 0) is 29.5 Å². The molecule has 0 aliphatic rings. The molecule has 0 unspecified atom stereocenters. The zero-order valence-electron chi connectivity index (χ0n) is 14.0. The number of aliphatic hydroxyl groups excluding tert-OH is 2. The van der Waals surface area contributed by atoms with Crippen molar-refractivity contribution in [3.63, 3.8) is 0 Å². The number of benzene rings is 2. The normalized spacial score (nSPS) is 10.8. The van der Waals surface area contributed by atoms with Gasteiger partial charge < -0.3 is 10.2 Å². The van der Waals surface area contributed by atoms with Crippen LogP contribution < -0.4 is 0 Å². The molecular formula is C21H28O2. The van der Waals surface area contributed by atoms with E-state index in [4.69, 9.17) is 5.11 Å². The van der Waals surface area contributed by atoms with Gasteiger partial charge in [0.05, 0.1) is 13.2 Å². The minimum atomic E-state index is 0.140. The van der Waals surface area contributed by atoms with E-state index in [9.17, 15) is 5.11 Å². The molecule has 0 aliphatic carbocycles. The molecule has 2 rings (SSSR count). The predicted molar refractivity (Wildman–Crippen MR) is 98.0 cm³/mol. The molecule has 0 fully saturated rings. The third-order valence-corrected chi connectivity index (χ3v) is 3.50. The highest BCUT2D eigenvalue weighted by molar-refractivity contribution is 5.52. The van der Waals surface area contributed by atoms with E-state index in [1.54, 1.807) is 0 Å². The van der Waals surface area contributed by atoms with Gasteiger partial charge in [0.15, 0.2) is 0 Å². The van der Waals surface area contributed by atoms with Gasteiger partial charge >= 0.3 is 0 Å². The van der Waals surface area contributed by atoms with E-state index in [1.165, 1.54) is 24.8 Å². The summed E-state index contributed by atoms with van der Waals surface area (Å²) in [7, 11) is 0. The van der Waals surface area contributed by atoms with Crippen LogP contribution in [0.4, 0.5) is 0 Å². The molecule has 2 heteroatoms. The van der Waals surface area contributed by atoms with Gasteiger partial charge in [-0.3, -0.25) is 0 Å². The van der Waals surface area contributed by atoms with E-state index in [1.807, 2.05) is 48.5 Å². The summed E-state index contributed by atoms with van der Waals surface area (Å²) in [5.41, 5.74) is 3.28. The Morgan fingerprint density at radius 1 is 0.870 bits per heavy atom. The zero-order valence-corrected chi connectivity index (χ0v) is 14.0. The van der Waals surface area contributed by atoms with Gasteiger partial charge in [-0.15, -0.1) is 0 Å². The van der Waals surface area contributed by atoms with Crippen LogP contribution in [-0.2, 0) is 6.61 Å². The Kier molecular flexibility index (Phi) is 10.5. The lowest BCUT2D eigenvalue weighted by Crippen LogP contribution is -1.91. The summed E-state index contributed by atoms with van der Waals surface area (Å²) in [6.07, 6.45) is 6.75. The molecule has 0 amide bonds. The Labute approximate surface area is 140 Å². The maximum absolute atomic E-state index is 9.22. The van der Waals surface area contributed by atoms with Crippen LogP contribution in [-0.4, -0.2) is 16.8 Å². The van der Waals surface area contributed by atoms with Crippen LogP contribution in [0, 0.1) is 0 Å². The first-order valence-electron chi connectivity index (χ1n) is 8.30. The Bertz CT molecular complexity index is 532. The summed E-state index contributed by atoms with van der Waals surface area (Å²) >= 11 is 0. The van der Waals surface area contributed by atoms with Crippen LogP contribution in [0.15, 0.2) is 66.2 Å². The van der Waals surface area contributed by atoms with Gasteiger partial charge in [-0.1, -0.05) is 86.5 Å². The molecule has 2 aromatic rings. The maximum Gasteiger partial charge on any atom is 0.0681 e. The van der Waals surface area contributed by atoms with Crippen molar-refractivity contribution in [2.75, 3.05) is 6.61 Å². The van der Waals surface area contributed by atoms with Crippen molar-refractivity contribution in [3.8, 4) is 0 Å². The van der Waals surface area contributed by atoms with Crippen molar-refractivity contribution in [3.05, 3.63) is 77.4 Å². The third-order valence-electron chi connectivity index (χ3n) is 3.50. The molecule has 0 saturated heterocycles. The molecule has 2 N–H and O–H groups in total. The average molecular weight is 312 g/mol. The van der Waals surface area contributed by atoms with E-state index in [2.05, 4.69) is 25.1 Å². The van der Waals surface area contributed by atoms with Crippen molar-refractivity contribution in [2.45, 2.75) is 39.2 Å². The Morgan fingerprint density at radius 2 is 1.48 bits per heavy atom. The van der Waals surface area contributed by atoms with Gasteiger partial charge in [0, 0.05) is 0 Å². The van der Waals surface area contributed by atoms with E-state index in [0.717, 1.165) is 17.6 Å². The molecule has 0 atom stereocenters. The number of unbranched alkanes of at least 4 members (excludes halogenated alkanes) is 2. The second kappa shape index (κ2) is 12.6. The molecular weight excluding hydrogens is 284 g/mol. The summed E-state index contributed by atoms with van der Waals surface area (Å²) in [5, 5.41) is 17.8. The van der Waals surface area contributed by atoms with E-state index < -0.39 is 0 Å². The van der Waals surface area contributed by atoms with Gasteiger partial charge in [-0.2, -0.15) is 0 Å². The van der Waals surface area contributed by atoms with Gasteiger partial charge in [0.2, 0.25) is 0 Å². The Morgan fingerprint density at radius 3 is 1.96 bits per heavy atom. The molecule has 0 spiro atoms. The van der Waals surface area contributed by atoms with E-state index in [-0.39, 0.29) is 13.2 Å². The van der Waals surface area contributed by atoms with Crippen molar-refractivity contribution in [2.24, 2.45) is 0 Å². The highest BCUT2D eigenvalue weighted by Gasteiger charge is 1.96. The molecule has 23 heavy (non-hydrogen) atoms. The highest BCUT2D eigenvalue weighted by atomic mass is 16.3. The first kappa shape index (κ1) is 19.1. The molecule has 0 radical (unpaired) electrons. The lowest BCUT2D eigenvalue weighted by Gasteiger charge is -2.03. The summed E-state index contributed by atoms with van der Waals surface area (Å²) in [4.78, 5) is 0. The monoisotopic (exact) mass is 312 g/mol. The Hall–Kier alpha value is -1.90. The van der Waals surface area contributed by atoms with Crippen molar-refractivity contribution < 1.29 is 10.2 Å². The SMILES string of the molecule is CCCCC/C(=C\c1ccccc1)CO.OCc1ccccc1. The van der Waals surface area contributed by atoms with E-state index in [0.29, 0.717) is 0 Å². The summed E-state index contributed by atoms with van der Waals surface area (Å²) < 4.78 is 0. The minimum Gasteiger partial charge on any atom is -0.392 e. The molecule has 2 aromatic carbocycles. The number of hydrogen-bond acceptors (Lipinski definition) is 2. The first-order chi connectivity index (χ1) is 11.3. The van der Waals surface area contributed by atoms with E-state index >= 15 is 0 Å². The molecule has 0 heterocycles. The smallest absolute Gasteiger partial charge is 0.0681 e. The van der Waals surface area contributed by atoms with Crippen LogP contribution in [0.25, 0.3) is 6.08 Å². The molecule has 124 valence electrons. The fourth-order valence-electron chi connectivity index (χ4n) is 2.17. The van der Waals surface area contributed by atoms with Gasteiger partial charge in [-0.25, -0.2) is 0 Å². The minimum absolute atomic E-state index is 0.140. The fourth-order valence-corrected chi connectivity index (χ4v) is 2.17. The predicted octanol–water partition coefficient (Wildman–Crippen LogP) is 4.82. The highest BCUT2D eigenvalue weighted by Crippen LogP contribution is 2.13. The maximum atomic E-state index is 9.22. The van der Waals surface area contributed by atoms with Crippen molar-refractivity contribution in [1.82, 2.24) is 0 Å². The van der Waals surface area contributed by atoms with Crippen LogP contribution in [0.1, 0.15) is 43.7 Å². The lowest BCUT2D eigenvalue weighted by atomic mass is 10.1. The third kappa shape index (κ3) is 8.97. The summed E-state index contributed by atoms with van der Waals surface area (Å²) in [6, 6.07) is 19.7. The van der Waals surface area contributed by atoms with Crippen molar-refractivity contribution >= 4 is 6.08 Å². The average Bonchev–Trinajstić information content (AvgIpc) is 2.63. The second-order valence-electron chi connectivity index (χ2n) is 5.47. The molecule has 0 aromatic heterocycles. The number of aliphatic hydroxyl groups is 2. The van der Waals surface area contributed by atoms with Gasteiger partial charge in [0.25, 0.3) is 0 Å².